The van der Waals surface area contributed by atoms with Crippen LogP contribution >= 0.6 is 0 Å². The minimum atomic E-state index is 0.147. The Kier molecular flexibility index (Phi) is 6.63. The molecule has 1 atom stereocenters. The summed E-state index contributed by atoms with van der Waals surface area (Å²) in [6.07, 6.45) is 4.47. The normalized spacial score (nSPS) is 13.8. The monoisotopic (exact) mass is 277 g/mol. The Hall–Kier alpha value is -0.930. The highest BCUT2D eigenvalue weighted by Crippen LogP contribution is 2.09. The lowest BCUT2D eigenvalue weighted by Gasteiger charge is -2.24. The van der Waals surface area contributed by atoms with E-state index in [1.54, 1.807) is 0 Å². The average molecular weight is 277 g/mol. The van der Waals surface area contributed by atoms with Crippen molar-refractivity contribution in [2.45, 2.75) is 72.1 Å². The SMILES string of the molecule is CCCC(C)N(C)Cc1ccc(CNC(C)(C)C)cn1. The van der Waals surface area contributed by atoms with Crippen molar-refractivity contribution in [1.82, 2.24) is 15.2 Å². The molecule has 0 saturated heterocycles. The van der Waals surface area contributed by atoms with Crippen molar-refractivity contribution in [2.75, 3.05) is 7.05 Å². The summed E-state index contributed by atoms with van der Waals surface area (Å²) < 4.78 is 0. The molecule has 20 heavy (non-hydrogen) atoms. The van der Waals surface area contributed by atoms with Gasteiger partial charge in [-0.05, 0) is 52.8 Å². The van der Waals surface area contributed by atoms with Gasteiger partial charge in [0.2, 0.25) is 0 Å². The van der Waals surface area contributed by atoms with Crippen LogP contribution in [0.25, 0.3) is 0 Å². The zero-order chi connectivity index (χ0) is 15.2. The van der Waals surface area contributed by atoms with E-state index in [1.165, 1.54) is 18.4 Å². The molecule has 1 heterocycles. The minimum absolute atomic E-state index is 0.147. The van der Waals surface area contributed by atoms with E-state index in [1.807, 2.05) is 6.20 Å². The summed E-state index contributed by atoms with van der Waals surface area (Å²) in [4.78, 5) is 6.95. The lowest BCUT2D eigenvalue weighted by molar-refractivity contribution is 0.234. The van der Waals surface area contributed by atoms with E-state index in [0.29, 0.717) is 6.04 Å². The van der Waals surface area contributed by atoms with Crippen LogP contribution in [0.15, 0.2) is 18.3 Å². The molecule has 0 aromatic carbocycles. The first-order valence-electron chi connectivity index (χ1n) is 7.71. The molecule has 0 aliphatic rings. The van der Waals surface area contributed by atoms with Gasteiger partial charge >= 0.3 is 0 Å². The number of nitrogens with one attached hydrogen (secondary N) is 1. The van der Waals surface area contributed by atoms with E-state index in [4.69, 9.17) is 0 Å². The largest absolute Gasteiger partial charge is 0.308 e. The van der Waals surface area contributed by atoms with Crippen molar-refractivity contribution in [3.05, 3.63) is 29.6 Å². The van der Waals surface area contributed by atoms with Gasteiger partial charge in [0.15, 0.2) is 0 Å². The molecule has 0 saturated carbocycles. The van der Waals surface area contributed by atoms with Crippen LogP contribution in [0, 0.1) is 0 Å². The van der Waals surface area contributed by atoms with Gasteiger partial charge in [0.1, 0.15) is 0 Å². The first-order valence-corrected chi connectivity index (χ1v) is 7.71. The lowest BCUT2D eigenvalue weighted by atomic mass is 10.1. The van der Waals surface area contributed by atoms with E-state index < -0.39 is 0 Å². The second-order valence-electron chi connectivity index (χ2n) is 6.81. The van der Waals surface area contributed by atoms with Crippen LogP contribution in [0.1, 0.15) is 58.7 Å². The quantitative estimate of drug-likeness (QED) is 0.825. The first-order chi connectivity index (χ1) is 9.31. The Morgan fingerprint density at radius 3 is 2.50 bits per heavy atom. The molecule has 114 valence electrons. The number of nitrogens with zero attached hydrogens (tertiary/aromatic N) is 2. The van der Waals surface area contributed by atoms with Crippen LogP contribution in [-0.4, -0.2) is 28.5 Å². The Morgan fingerprint density at radius 1 is 1.30 bits per heavy atom. The van der Waals surface area contributed by atoms with Crippen LogP contribution in [-0.2, 0) is 13.1 Å². The number of hydrogen-bond acceptors (Lipinski definition) is 3. The lowest BCUT2D eigenvalue weighted by Crippen LogP contribution is -2.35. The minimum Gasteiger partial charge on any atom is -0.308 e. The summed E-state index contributed by atoms with van der Waals surface area (Å²) in [6.45, 7) is 12.9. The molecule has 1 unspecified atom stereocenters. The first kappa shape index (κ1) is 17.1. The zero-order valence-electron chi connectivity index (χ0n) is 14.0. The van der Waals surface area contributed by atoms with Crippen LogP contribution in [0.4, 0.5) is 0 Å². The van der Waals surface area contributed by atoms with Gasteiger partial charge in [-0.2, -0.15) is 0 Å². The van der Waals surface area contributed by atoms with Crippen molar-refractivity contribution >= 4 is 0 Å². The van der Waals surface area contributed by atoms with Crippen LogP contribution in [0.5, 0.6) is 0 Å². The predicted octanol–water partition coefficient (Wildman–Crippen LogP) is 3.59. The maximum Gasteiger partial charge on any atom is 0.0544 e. The third-order valence-corrected chi connectivity index (χ3v) is 3.58. The Bertz CT molecular complexity index is 378. The molecule has 1 rings (SSSR count). The maximum atomic E-state index is 4.58. The second kappa shape index (κ2) is 7.75. The van der Waals surface area contributed by atoms with Gasteiger partial charge in [-0.1, -0.05) is 19.4 Å². The Labute approximate surface area is 124 Å². The number of rotatable bonds is 7. The van der Waals surface area contributed by atoms with Gasteiger partial charge in [0.25, 0.3) is 0 Å². The molecule has 0 aliphatic heterocycles. The van der Waals surface area contributed by atoms with Crippen molar-refractivity contribution < 1.29 is 0 Å². The predicted molar refractivity (Wildman–Crippen MR) is 86.7 cm³/mol. The fourth-order valence-corrected chi connectivity index (χ4v) is 2.07. The number of hydrogen-bond donors (Lipinski definition) is 1. The highest BCUT2D eigenvalue weighted by Gasteiger charge is 2.10. The summed E-state index contributed by atoms with van der Waals surface area (Å²) in [6, 6.07) is 4.94. The molecule has 0 bridgehead atoms. The highest BCUT2D eigenvalue weighted by atomic mass is 15.1. The zero-order valence-corrected chi connectivity index (χ0v) is 14.0. The summed E-state index contributed by atoms with van der Waals surface area (Å²) >= 11 is 0. The highest BCUT2D eigenvalue weighted by molar-refractivity contribution is 5.14. The van der Waals surface area contributed by atoms with E-state index in [0.717, 1.165) is 18.8 Å². The third kappa shape index (κ3) is 6.49. The van der Waals surface area contributed by atoms with Gasteiger partial charge in [-0.25, -0.2) is 0 Å². The van der Waals surface area contributed by atoms with Crippen molar-refractivity contribution in [1.29, 1.82) is 0 Å². The summed E-state index contributed by atoms with van der Waals surface area (Å²) in [5.74, 6) is 0. The molecule has 1 aromatic heterocycles. The standard InChI is InChI=1S/C17H31N3/c1-7-8-14(2)20(6)13-16-10-9-15(11-18-16)12-19-17(3,4)5/h9-11,14,19H,7-8,12-13H2,1-6H3. The van der Waals surface area contributed by atoms with Crippen molar-refractivity contribution in [2.24, 2.45) is 0 Å². The smallest absolute Gasteiger partial charge is 0.0544 e. The maximum absolute atomic E-state index is 4.58. The molecule has 3 heteroatoms. The van der Waals surface area contributed by atoms with E-state index >= 15 is 0 Å². The summed E-state index contributed by atoms with van der Waals surface area (Å²) in [5, 5.41) is 3.48. The Balaban J connectivity index is 2.50. The fraction of sp³-hybridized carbons (Fsp3) is 0.706. The topological polar surface area (TPSA) is 28.2 Å². The molecule has 0 fully saturated rings. The molecule has 0 aliphatic carbocycles. The van der Waals surface area contributed by atoms with Gasteiger partial charge in [0, 0.05) is 30.9 Å². The fourth-order valence-electron chi connectivity index (χ4n) is 2.07. The van der Waals surface area contributed by atoms with E-state index in [9.17, 15) is 0 Å². The Morgan fingerprint density at radius 2 is 2.00 bits per heavy atom. The molecule has 0 radical (unpaired) electrons. The average Bonchev–Trinajstić information content (AvgIpc) is 2.37. The summed E-state index contributed by atoms with van der Waals surface area (Å²) in [5.41, 5.74) is 2.54. The van der Waals surface area contributed by atoms with Gasteiger partial charge in [-0.15, -0.1) is 0 Å². The number of aromatic nitrogens is 1. The summed E-state index contributed by atoms with van der Waals surface area (Å²) in [7, 11) is 2.18. The molecule has 3 nitrogen and oxygen atoms in total. The second-order valence-corrected chi connectivity index (χ2v) is 6.81. The molecule has 1 aromatic rings. The third-order valence-electron chi connectivity index (χ3n) is 3.58. The van der Waals surface area contributed by atoms with Crippen molar-refractivity contribution in [3.63, 3.8) is 0 Å². The van der Waals surface area contributed by atoms with Crippen LogP contribution in [0.2, 0.25) is 0 Å². The molecular weight excluding hydrogens is 246 g/mol. The van der Waals surface area contributed by atoms with Gasteiger partial charge in [0.05, 0.1) is 5.69 Å². The van der Waals surface area contributed by atoms with E-state index in [2.05, 4.69) is 69.0 Å². The molecule has 0 spiro atoms. The molecule has 0 amide bonds. The van der Waals surface area contributed by atoms with Crippen LogP contribution < -0.4 is 5.32 Å². The van der Waals surface area contributed by atoms with Gasteiger partial charge < -0.3 is 5.32 Å². The molecule has 1 N–H and O–H groups in total. The number of pyridine rings is 1. The van der Waals surface area contributed by atoms with Crippen molar-refractivity contribution in [3.8, 4) is 0 Å². The molecular formula is C17H31N3. The van der Waals surface area contributed by atoms with Gasteiger partial charge in [-0.3, -0.25) is 9.88 Å². The van der Waals surface area contributed by atoms with E-state index in [-0.39, 0.29) is 5.54 Å². The van der Waals surface area contributed by atoms with Crippen LogP contribution in [0.3, 0.4) is 0 Å².